The van der Waals surface area contributed by atoms with Crippen molar-refractivity contribution in [2.75, 3.05) is 13.1 Å². The van der Waals surface area contributed by atoms with Gasteiger partial charge in [0, 0.05) is 24.7 Å². The highest BCUT2D eigenvalue weighted by Crippen LogP contribution is 2.28. The quantitative estimate of drug-likeness (QED) is 0.733. The van der Waals surface area contributed by atoms with Crippen LogP contribution in [0.2, 0.25) is 5.02 Å². The highest BCUT2D eigenvalue weighted by atomic mass is 35.5. The third kappa shape index (κ3) is 3.31. The monoisotopic (exact) mass is 391 g/mol. The number of likely N-dealkylation sites (tertiary alicyclic amines) is 1. The molecule has 4 rings (SSSR count). The molecule has 140 valence electrons. The summed E-state index contributed by atoms with van der Waals surface area (Å²) in [6, 6.07) is 5.92. The van der Waals surface area contributed by atoms with Crippen LogP contribution in [-0.2, 0) is 6.61 Å². The Balaban J connectivity index is 1.49. The third-order valence-corrected chi connectivity index (χ3v) is 4.78. The van der Waals surface area contributed by atoms with Gasteiger partial charge in [-0.2, -0.15) is 0 Å². The molecule has 1 fully saturated rings. The lowest BCUT2D eigenvalue weighted by Gasteiger charge is -2.14. The number of aliphatic hydroxyl groups excluding tert-OH is 1. The number of benzene rings is 1. The molecule has 3 aromatic rings. The van der Waals surface area contributed by atoms with Crippen molar-refractivity contribution >= 4 is 17.5 Å². The number of carbonyl (C=O) groups excluding carboxylic acids is 1. The van der Waals surface area contributed by atoms with Gasteiger partial charge in [0.05, 0.1) is 23.9 Å². The highest BCUT2D eigenvalue weighted by Gasteiger charge is 2.31. The number of amides is 1. The average molecular weight is 392 g/mol. The smallest absolute Gasteiger partial charge is 0.292 e. The van der Waals surface area contributed by atoms with E-state index in [0.29, 0.717) is 25.2 Å². The van der Waals surface area contributed by atoms with E-state index in [1.54, 1.807) is 21.8 Å². The van der Waals surface area contributed by atoms with Gasteiger partial charge in [0.2, 0.25) is 5.76 Å². The molecule has 1 saturated heterocycles. The minimum absolute atomic E-state index is 0.0270. The molecule has 27 heavy (non-hydrogen) atoms. The first kappa shape index (κ1) is 17.6. The molecule has 0 saturated carbocycles. The van der Waals surface area contributed by atoms with Crippen LogP contribution in [-0.4, -0.2) is 49.2 Å². The molecule has 0 radical (unpaired) electrons. The van der Waals surface area contributed by atoms with E-state index < -0.39 is 5.82 Å². The number of aromatic nitrogens is 4. The van der Waals surface area contributed by atoms with Crippen molar-refractivity contribution in [3.63, 3.8) is 0 Å². The van der Waals surface area contributed by atoms with E-state index in [1.165, 1.54) is 18.2 Å². The summed E-state index contributed by atoms with van der Waals surface area (Å²) in [6.45, 7) is 0.754. The maximum atomic E-state index is 14.1. The molecule has 10 heteroatoms. The standard InChI is InChI=1S/C17H15ClFN5O3/c18-13-3-1-2-12(16(13)19)14-6-15(27-21-14)17(26)23-5-4-11(8-23)24-7-10(9-25)20-22-24/h1-3,6-7,11,25H,4-5,8-9H2. The SMILES string of the molecule is O=C(c1cc(-c2cccc(Cl)c2F)no1)N1CCC(n2cc(CO)nn2)C1. The van der Waals surface area contributed by atoms with Gasteiger partial charge in [-0.05, 0) is 18.6 Å². The Kier molecular flexibility index (Phi) is 4.63. The number of hydrogen-bond acceptors (Lipinski definition) is 6. The molecule has 1 N–H and O–H groups in total. The van der Waals surface area contributed by atoms with Crippen molar-refractivity contribution < 1.29 is 18.8 Å². The number of hydrogen-bond donors (Lipinski definition) is 1. The van der Waals surface area contributed by atoms with Gasteiger partial charge in [-0.25, -0.2) is 9.07 Å². The fraction of sp³-hybridized carbons (Fsp3) is 0.294. The summed E-state index contributed by atoms with van der Waals surface area (Å²) < 4.78 is 20.9. The lowest BCUT2D eigenvalue weighted by Crippen LogP contribution is -2.28. The largest absolute Gasteiger partial charge is 0.390 e. The van der Waals surface area contributed by atoms with E-state index in [0.717, 1.165) is 0 Å². The summed E-state index contributed by atoms with van der Waals surface area (Å²) >= 11 is 5.79. The number of aliphatic hydroxyl groups is 1. The van der Waals surface area contributed by atoms with Crippen LogP contribution in [0.15, 0.2) is 35.0 Å². The van der Waals surface area contributed by atoms with Gasteiger partial charge in [0.1, 0.15) is 11.4 Å². The fourth-order valence-electron chi connectivity index (χ4n) is 3.07. The molecule has 0 bridgehead atoms. The second-order valence-electron chi connectivity index (χ2n) is 6.22. The first-order chi connectivity index (χ1) is 13.1. The second kappa shape index (κ2) is 7.09. The lowest BCUT2D eigenvalue weighted by atomic mass is 10.1. The number of carbonyl (C=O) groups is 1. The summed E-state index contributed by atoms with van der Waals surface area (Å²) in [6.07, 6.45) is 2.36. The number of rotatable bonds is 4. The summed E-state index contributed by atoms with van der Waals surface area (Å²) in [5, 5.41) is 20.7. The number of halogens is 2. The van der Waals surface area contributed by atoms with Crippen molar-refractivity contribution in [2.24, 2.45) is 0 Å². The third-order valence-electron chi connectivity index (χ3n) is 4.49. The summed E-state index contributed by atoms with van der Waals surface area (Å²) in [5.74, 6) is -0.917. The van der Waals surface area contributed by atoms with Crippen molar-refractivity contribution in [3.05, 3.63) is 52.8 Å². The molecule has 0 spiro atoms. The van der Waals surface area contributed by atoms with E-state index >= 15 is 0 Å². The van der Waals surface area contributed by atoms with Crippen molar-refractivity contribution in [2.45, 2.75) is 19.1 Å². The zero-order chi connectivity index (χ0) is 19.0. The molecule has 2 aromatic heterocycles. The van der Waals surface area contributed by atoms with E-state index in [4.69, 9.17) is 21.2 Å². The van der Waals surface area contributed by atoms with Crippen LogP contribution in [0.4, 0.5) is 4.39 Å². The van der Waals surface area contributed by atoms with Crippen LogP contribution >= 0.6 is 11.6 Å². The van der Waals surface area contributed by atoms with Crippen LogP contribution in [0.3, 0.4) is 0 Å². The predicted octanol–water partition coefficient (Wildman–Crippen LogP) is 2.31. The Labute approximate surface area is 158 Å². The van der Waals surface area contributed by atoms with Crippen LogP contribution in [0, 0.1) is 5.82 Å². The van der Waals surface area contributed by atoms with Crippen molar-refractivity contribution in [1.29, 1.82) is 0 Å². The molecule has 1 aliphatic heterocycles. The van der Waals surface area contributed by atoms with Crippen LogP contribution in [0.5, 0.6) is 0 Å². The number of nitrogens with zero attached hydrogens (tertiary/aromatic N) is 5. The van der Waals surface area contributed by atoms with Gasteiger partial charge in [-0.15, -0.1) is 5.10 Å². The molecule has 1 amide bonds. The first-order valence-corrected chi connectivity index (χ1v) is 8.66. The summed E-state index contributed by atoms with van der Waals surface area (Å²) in [5.41, 5.74) is 0.852. The average Bonchev–Trinajstić information content (AvgIpc) is 3.42. The molecule has 1 atom stereocenters. The van der Waals surface area contributed by atoms with Crippen LogP contribution in [0.25, 0.3) is 11.3 Å². The zero-order valence-electron chi connectivity index (χ0n) is 14.0. The molecular weight excluding hydrogens is 377 g/mol. The molecule has 3 heterocycles. The molecule has 8 nitrogen and oxygen atoms in total. The molecule has 1 unspecified atom stereocenters. The van der Waals surface area contributed by atoms with Crippen LogP contribution in [0.1, 0.15) is 28.7 Å². The van der Waals surface area contributed by atoms with Crippen molar-refractivity contribution in [1.82, 2.24) is 25.1 Å². The Bertz CT molecular complexity index is 989. The zero-order valence-corrected chi connectivity index (χ0v) is 14.8. The van der Waals surface area contributed by atoms with E-state index in [1.807, 2.05) is 0 Å². The second-order valence-corrected chi connectivity index (χ2v) is 6.63. The van der Waals surface area contributed by atoms with E-state index in [2.05, 4.69) is 15.5 Å². The van der Waals surface area contributed by atoms with Gasteiger partial charge in [-0.1, -0.05) is 28.0 Å². The molecule has 1 aliphatic rings. The van der Waals surface area contributed by atoms with Gasteiger partial charge in [0.25, 0.3) is 5.91 Å². The van der Waals surface area contributed by atoms with Gasteiger partial charge in [0.15, 0.2) is 5.82 Å². The molecule has 1 aromatic carbocycles. The van der Waals surface area contributed by atoms with Crippen molar-refractivity contribution in [3.8, 4) is 11.3 Å². The Morgan fingerprint density at radius 1 is 1.44 bits per heavy atom. The maximum Gasteiger partial charge on any atom is 0.292 e. The molecular formula is C17H15ClFN5O3. The Morgan fingerprint density at radius 3 is 3.07 bits per heavy atom. The predicted molar refractivity (Wildman–Crippen MR) is 92.4 cm³/mol. The minimum Gasteiger partial charge on any atom is -0.390 e. The van der Waals surface area contributed by atoms with Gasteiger partial charge >= 0.3 is 0 Å². The highest BCUT2D eigenvalue weighted by molar-refractivity contribution is 6.31. The van der Waals surface area contributed by atoms with Gasteiger partial charge < -0.3 is 14.5 Å². The van der Waals surface area contributed by atoms with Gasteiger partial charge in [-0.3, -0.25) is 4.79 Å². The molecule has 0 aliphatic carbocycles. The topological polar surface area (TPSA) is 97.3 Å². The Morgan fingerprint density at radius 2 is 2.30 bits per heavy atom. The van der Waals surface area contributed by atoms with E-state index in [-0.39, 0.29) is 40.6 Å². The Hall–Kier alpha value is -2.78. The van der Waals surface area contributed by atoms with E-state index in [9.17, 15) is 9.18 Å². The minimum atomic E-state index is -0.612. The normalized spacial score (nSPS) is 16.9. The summed E-state index contributed by atoms with van der Waals surface area (Å²) in [7, 11) is 0. The maximum absolute atomic E-state index is 14.1. The fourth-order valence-corrected chi connectivity index (χ4v) is 3.24. The first-order valence-electron chi connectivity index (χ1n) is 8.28. The lowest BCUT2D eigenvalue weighted by molar-refractivity contribution is 0.0745. The summed E-state index contributed by atoms with van der Waals surface area (Å²) in [4.78, 5) is 14.3. The van der Waals surface area contributed by atoms with Crippen LogP contribution < -0.4 is 0 Å².